The molecule has 2 fully saturated rings. The lowest BCUT2D eigenvalue weighted by atomic mass is 9.75. The Hall–Kier alpha value is -1.26. The first kappa shape index (κ1) is 15.1. The molecule has 0 heterocycles. The average molecular weight is 282 g/mol. The molecule has 5 nitrogen and oxygen atoms in total. The number of aliphatic carboxylic acids is 1. The van der Waals surface area contributed by atoms with Crippen LogP contribution < -0.4 is 5.32 Å². The van der Waals surface area contributed by atoms with E-state index < -0.39 is 5.97 Å². The minimum atomic E-state index is -0.845. The maximum atomic E-state index is 12.3. The first-order valence-corrected chi connectivity index (χ1v) is 7.66. The van der Waals surface area contributed by atoms with Gasteiger partial charge >= 0.3 is 12.0 Å². The van der Waals surface area contributed by atoms with Gasteiger partial charge in [0.2, 0.25) is 0 Å². The van der Waals surface area contributed by atoms with E-state index in [2.05, 4.69) is 19.2 Å². The highest BCUT2D eigenvalue weighted by Gasteiger charge is 2.35. The highest BCUT2D eigenvalue weighted by atomic mass is 16.4. The van der Waals surface area contributed by atoms with Crippen LogP contribution in [-0.4, -0.2) is 40.6 Å². The number of urea groups is 1. The lowest BCUT2D eigenvalue weighted by molar-refractivity contribution is -0.137. The molecule has 0 spiro atoms. The third kappa shape index (κ3) is 4.39. The topological polar surface area (TPSA) is 69.6 Å². The van der Waals surface area contributed by atoms with Crippen molar-refractivity contribution in [1.29, 1.82) is 0 Å². The summed E-state index contributed by atoms with van der Waals surface area (Å²) in [6.45, 7) is 4.81. The number of carboxylic acids is 1. The molecule has 2 rings (SSSR count). The van der Waals surface area contributed by atoms with E-state index in [1.807, 2.05) is 0 Å². The third-order valence-corrected chi connectivity index (χ3v) is 4.35. The fourth-order valence-electron chi connectivity index (χ4n) is 3.13. The monoisotopic (exact) mass is 282 g/mol. The van der Waals surface area contributed by atoms with Crippen molar-refractivity contribution in [2.75, 3.05) is 6.54 Å². The standard InChI is InChI=1S/C15H26N2O3/c1-15(2)8-3-4-11(10-15)16-14(20)17(12-5-6-12)9-7-13(18)19/h11-12H,3-10H2,1-2H3,(H,16,20)(H,18,19). The molecule has 0 bridgehead atoms. The van der Waals surface area contributed by atoms with Crippen molar-refractivity contribution < 1.29 is 14.7 Å². The SMILES string of the molecule is CC1(C)CCCC(NC(=O)N(CCC(=O)O)C2CC2)C1. The fourth-order valence-corrected chi connectivity index (χ4v) is 3.13. The third-order valence-electron chi connectivity index (χ3n) is 4.35. The fraction of sp³-hybridized carbons (Fsp3) is 0.867. The van der Waals surface area contributed by atoms with E-state index in [9.17, 15) is 9.59 Å². The lowest BCUT2D eigenvalue weighted by Crippen LogP contribution is -2.48. The minimum Gasteiger partial charge on any atom is -0.481 e. The summed E-state index contributed by atoms with van der Waals surface area (Å²) in [6, 6.07) is 0.416. The predicted octanol–water partition coefficient (Wildman–Crippen LogP) is 2.60. The van der Waals surface area contributed by atoms with Gasteiger partial charge in [-0.2, -0.15) is 0 Å². The van der Waals surface area contributed by atoms with Crippen molar-refractivity contribution in [1.82, 2.24) is 10.2 Å². The summed E-state index contributed by atoms with van der Waals surface area (Å²) in [5.41, 5.74) is 0.293. The van der Waals surface area contributed by atoms with Crippen LogP contribution in [0.3, 0.4) is 0 Å². The number of amides is 2. The van der Waals surface area contributed by atoms with E-state index in [1.54, 1.807) is 4.90 Å². The van der Waals surface area contributed by atoms with Crippen molar-refractivity contribution in [2.45, 2.75) is 70.9 Å². The summed E-state index contributed by atoms with van der Waals surface area (Å²) in [5, 5.41) is 11.9. The molecule has 2 aliphatic carbocycles. The predicted molar refractivity (Wildman–Crippen MR) is 76.5 cm³/mol. The lowest BCUT2D eigenvalue weighted by Gasteiger charge is -2.36. The quantitative estimate of drug-likeness (QED) is 0.814. The molecule has 0 aromatic carbocycles. The number of carbonyl (C=O) groups is 2. The Morgan fingerprint density at radius 1 is 1.30 bits per heavy atom. The zero-order chi connectivity index (χ0) is 14.8. The van der Waals surface area contributed by atoms with Crippen LogP contribution in [0, 0.1) is 5.41 Å². The highest BCUT2D eigenvalue weighted by Crippen LogP contribution is 2.35. The van der Waals surface area contributed by atoms with Gasteiger partial charge in [-0.1, -0.05) is 20.3 Å². The van der Waals surface area contributed by atoms with Crippen LogP contribution in [0.1, 0.15) is 58.8 Å². The van der Waals surface area contributed by atoms with Gasteiger partial charge < -0.3 is 15.3 Å². The maximum Gasteiger partial charge on any atom is 0.317 e. The van der Waals surface area contributed by atoms with E-state index in [-0.39, 0.29) is 24.5 Å². The molecule has 0 radical (unpaired) electrons. The Morgan fingerprint density at radius 3 is 2.55 bits per heavy atom. The van der Waals surface area contributed by atoms with Gasteiger partial charge in [0, 0.05) is 18.6 Å². The Kier molecular flexibility index (Phi) is 4.55. The van der Waals surface area contributed by atoms with E-state index in [0.717, 1.165) is 32.1 Å². The van der Waals surface area contributed by atoms with Crippen LogP contribution in [0.2, 0.25) is 0 Å². The molecule has 1 unspecified atom stereocenters. The molecule has 0 saturated heterocycles. The second-order valence-corrected chi connectivity index (χ2v) is 6.98. The number of hydrogen-bond acceptors (Lipinski definition) is 2. The smallest absolute Gasteiger partial charge is 0.317 e. The molecular formula is C15H26N2O3. The first-order chi connectivity index (χ1) is 9.37. The van der Waals surface area contributed by atoms with Gasteiger partial charge in [0.05, 0.1) is 6.42 Å². The van der Waals surface area contributed by atoms with Crippen LogP contribution >= 0.6 is 0 Å². The minimum absolute atomic E-state index is 0.0279. The Bertz CT molecular complexity index is 377. The molecule has 2 saturated carbocycles. The second kappa shape index (κ2) is 6.02. The molecular weight excluding hydrogens is 256 g/mol. The molecule has 2 amide bonds. The normalized spacial score (nSPS) is 25.0. The van der Waals surface area contributed by atoms with Crippen molar-refractivity contribution in [3.63, 3.8) is 0 Å². The van der Waals surface area contributed by atoms with Crippen LogP contribution in [0.25, 0.3) is 0 Å². The van der Waals surface area contributed by atoms with Crippen molar-refractivity contribution in [3.8, 4) is 0 Å². The number of carboxylic acid groups (broad SMARTS) is 1. The number of hydrogen-bond donors (Lipinski definition) is 2. The number of nitrogens with zero attached hydrogens (tertiary/aromatic N) is 1. The molecule has 114 valence electrons. The van der Waals surface area contributed by atoms with Crippen molar-refractivity contribution in [2.24, 2.45) is 5.41 Å². The van der Waals surface area contributed by atoms with E-state index >= 15 is 0 Å². The summed E-state index contributed by atoms with van der Waals surface area (Å²) >= 11 is 0. The molecule has 2 N–H and O–H groups in total. The average Bonchev–Trinajstić information content (AvgIpc) is 3.11. The van der Waals surface area contributed by atoms with Gasteiger partial charge in [0.15, 0.2) is 0 Å². The molecule has 5 heteroatoms. The van der Waals surface area contributed by atoms with Gasteiger partial charge in [-0.25, -0.2) is 4.79 Å². The van der Waals surface area contributed by atoms with E-state index in [1.165, 1.54) is 6.42 Å². The van der Waals surface area contributed by atoms with Gasteiger partial charge in [0.25, 0.3) is 0 Å². The van der Waals surface area contributed by atoms with Gasteiger partial charge in [0.1, 0.15) is 0 Å². The largest absolute Gasteiger partial charge is 0.481 e. The molecule has 0 aromatic heterocycles. The molecule has 0 aliphatic heterocycles. The van der Waals surface area contributed by atoms with Crippen LogP contribution in [0.4, 0.5) is 4.79 Å². The summed E-state index contributed by atoms with van der Waals surface area (Å²) < 4.78 is 0. The Labute approximate surface area is 120 Å². The zero-order valence-electron chi connectivity index (χ0n) is 12.5. The summed E-state index contributed by atoms with van der Waals surface area (Å²) in [7, 11) is 0. The zero-order valence-corrected chi connectivity index (χ0v) is 12.5. The van der Waals surface area contributed by atoms with Crippen LogP contribution in [0.15, 0.2) is 0 Å². The van der Waals surface area contributed by atoms with Crippen molar-refractivity contribution in [3.05, 3.63) is 0 Å². The van der Waals surface area contributed by atoms with Gasteiger partial charge in [-0.05, 0) is 37.5 Å². The van der Waals surface area contributed by atoms with E-state index in [4.69, 9.17) is 5.11 Å². The summed E-state index contributed by atoms with van der Waals surface area (Å²) in [6.07, 6.45) is 6.44. The first-order valence-electron chi connectivity index (χ1n) is 7.66. The van der Waals surface area contributed by atoms with Gasteiger partial charge in [-0.3, -0.25) is 4.79 Å². The number of carbonyl (C=O) groups excluding carboxylic acids is 1. The number of rotatable bonds is 5. The second-order valence-electron chi connectivity index (χ2n) is 6.98. The van der Waals surface area contributed by atoms with Gasteiger partial charge in [-0.15, -0.1) is 0 Å². The summed E-state index contributed by atoms with van der Waals surface area (Å²) in [4.78, 5) is 24.7. The highest BCUT2D eigenvalue weighted by molar-refractivity contribution is 5.76. The van der Waals surface area contributed by atoms with Crippen molar-refractivity contribution >= 4 is 12.0 Å². The molecule has 2 aliphatic rings. The number of nitrogens with one attached hydrogen (secondary N) is 1. The van der Waals surface area contributed by atoms with Crippen LogP contribution in [0.5, 0.6) is 0 Å². The maximum absolute atomic E-state index is 12.3. The Morgan fingerprint density at radius 2 is 2.00 bits per heavy atom. The van der Waals surface area contributed by atoms with Crippen LogP contribution in [-0.2, 0) is 4.79 Å². The van der Waals surface area contributed by atoms with E-state index in [0.29, 0.717) is 12.0 Å². The molecule has 20 heavy (non-hydrogen) atoms. The summed E-state index contributed by atoms with van der Waals surface area (Å²) in [5.74, 6) is -0.845. The Balaban J connectivity index is 1.86. The molecule has 0 aromatic rings. The molecule has 1 atom stereocenters.